The summed E-state index contributed by atoms with van der Waals surface area (Å²) in [5.74, 6) is -2.14. The average Bonchev–Trinajstić information content (AvgIpc) is 2.90. The van der Waals surface area contributed by atoms with E-state index in [4.69, 9.17) is 10.2 Å². The van der Waals surface area contributed by atoms with Crippen molar-refractivity contribution in [2.24, 2.45) is 0 Å². The van der Waals surface area contributed by atoms with Gasteiger partial charge in [-0.15, -0.1) is 0 Å². The van der Waals surface area contributed by atoms with E-state index in [-0.39, 0.29) is 22.5 Å². The van der Waals surface area contributed by atoms with Crippen molar-refractivity contribution in [3.05, 3.63) is 116 Å². The van der Waals surface area contributed by atoms with Gasteiger partial charge in [-0.1, -0.05) is 35.3 Å². The molecule has 0 saturated carbocycles. The van der Waals surface area contributed by atoms with E-state index < -0.39 is 21.8 Å². The van der Waals surface area contributed by atoms with E-state index in [0.717, 1.165) is 35.3 Å². The fraction of sp³-hybridized carbons (Fsp3) is 0. The Morgan fingerprint density at radius 3 is 1.18 bits per heavy atom. The summed E-state index contributed by atoms with van der Waals surface area (Å²) >= 11 is 3.38. The van der Waals surface area contributed by atoms with Crippen LogP contribution in [-0.2, 0) is 0 Å². The van der Waals surface area contributed by atoms with Crippen LogP contribution < -0.4 is 0 Å². The Morgan fingerprint density at radius 1 is 0.538 bits per heavy atom. The van der Waals surface area contributed by atoms with E-state index >= 15 is 0 Å². The Labute approximate surface area is 233 Å². The number of nitro groups is 2. The van der Waals surface area contributed by atoms with Crippen molar-refractivity contribution in [1.82, 2.24) is 0 Å². The largest absolute Gasteiger partial charge is 0.478 e. The van der Waals surface area contributed by atoms with Crippen LogP contribution in [0, 0.1) is 20.2 Å². The number of hydrogen-bond acceptors (Lipinski definition) is 9. The fourth-order valence-corrected chi connectivity index (χ4v) is 5.99. The van der Waals surface area contributed by atoms with E-state index in [1.807, 2.05) is 0 Å². The van der Waals surface area contributed by atoms with Gasteiger partial charge in [0, 0.05) is 31.7 Å². The van der Waals surface area contributed by atoms with Crippen molar-refractivity contribution < 1.29 is 29.6 Å². The summed E-state index contributed by atoms with van der Waals surface area (Å²) in [6, 6.07) is 21.2. The van der Waals surface area contributed by atoms with Crippen molar-refractivity contribution >= 4 is 58.6 Å². The normalized spacial score (nSPS) is 10.7. The van der Waals surface area contributed by atoms with Gasteiger partial charge >= 0.3 is 11.9 Å². The smallest absolute Gasteiger partial charge is 0.335 e. The number of carboxylic acid groups (broad SMARTS) is 2. The molecule has 0 unspecified atom stereocenters. The van der Waals surface area contributed by atoms with Gasteiger partial charge in [-0.25, -0.2) is 9.59 Å². The second kappa shape index (κ2) is 12.0. The summed E-state index contributed by atoms with van der Waals surface area (Å²) in [6.07, 6.45) is 0. The lowest BCUT2D eigenvalue weighted by atomic mass is 10.2. The van der Waals surface area contributed by atoms with E-state index in [0.29, 0.717) is 29.4 Å². The molecule has 0 aliphatic heterocycles. The second-order valence-electron chi connectivity index (χ2n) is 7.74. The first-order valence-electron chi connectivity index (χ1n) is 10.9. The lowest BCUT2D eigenvalue weighted by Gasteiger charge is -2.08. The van der Waals surface area contributed by atoms with Crippen LogP contribution in [-0.4, -0.2) is 32.0 Å². The maximum absolute atomic E-state index is 11.8. The third-order valence-electron chi connectivity index (χ3n) is 5.15. The summed E-state index contributed by atoms with van der Waals surface area (Å²) in [6.45, 7) is 0. The molecule has 0 radical (unpaired) electrons. The molecule has 0 bridgehead atoms. The molecule has 0 heterocycles. The van der Waals surface area contributed by atoms with Crippen molar-refractivity contribution in [3.63, 3.8) is 0 Å². The SMILES string of the molecule is O=C(O)c1ccc(Sc2ccc(Sc3ccc(Sc4ccc(C(=O)O)cc4)c([N+](=O)[O-])c3)cc2[N+](=O)[O-])cc1. The molecule has 4 aromatic rings. The highest BCUT2D eigenvalue weighted by molar-refractivity contribution is 8.00. The van der Waals surface area contributed by atoms with E-state index in [1.54, 1.807) is 48.5 Å². The topological polar surface area (TPSA) is 161 Å². The maximum Gasteiger partial charge on any atom is 0.335 e. The first-order valence-corrected chi connectivity index (χ1v) is 13.3. The highest BCUT2D eigenvalue weighted by Crippen LogP contribution is 2.41. The molecule has 13 heteroatoms. The van der Waals surface area contributed by atoms with Crippen molar-refractivity contribution in [2.45, 2.75) is 29.4 Å². The zero-order chi connectivity index (χ0) is 28.1. The molecule has 0 saturated heterocycles. The molecule has 196 valence electrons. The number of nitro benzene ring substituents is 2. The van der Waals surface area contributed by atoms with E-state index in [9.17, 15) is 29.8 Å². The Bertz CT molecular complexity index is 1470. The minimum absolute atomic E-state index is 0.107. The summed E-state index contributed by atoms with van der Waals surface area (Å²) < 4.78 is 0. The van der Waals surface area contributed by atoms with Gasteiger partial charge in [0.15, 0.2) is 0 Å². The van der Waals surface area contributed by atoms with Gasteiger partial charge in [0.1, 0.15) is 0 Å². The first kappa shape index (κ1) is 27.7. The highest BCUT2D eigenvalue weighted by atomic mass is 32.2. The molecule has 39 heavy (non-hydrogen) atoms. The molecular weight excluding hydrogens is 564 g/mol. The van der Waals surface area contributed by atoms with E-state index in [2.05, 4.69) is 0 Å². The molecule has 0 spiro atoms. The van der Waals surface area contributed by atoms with Crippen molar-refractivity contribution in [1.29, 1.82) is 0 Å². The van der Waals surface area contributed by atoms with Crippen LogP contribution in [0.3, 0.4) is 0 Å². The number of benzene rings is 4. The second-order valence-corrected chi connectivity index (χ2v) is 11.1. The minimum atomic E-state index is -1.07. The quantitative estimate of drug-likeness (QED) is 0.142. The summed E-state index contributed by atoms with van der Waals surface area (Å²) in [5, 5.41) is 41.6. The standard InChI is InChI=1S/C26H16N2O8S3/c29-25(30)15-1-5-17(6-2-15)38-23-11-9-19(13-21(23)27(33)34)37-20-10-12-24(22(14-20)28(35)36)39-18-7-3-16(4-8-18)26(31)32/h1-14H,(H,29,30)(H,31,32). The maximum atomic E-state index is 11.8. The molecule has 0 aliphatic rings. The van der Waals surface area contributed by atoms with Crippen LogP contribution in [0.2, 0.25) is 0 Å². The van der Waals surface area contributed by atoms with Crippen molar-refractivity contribution in [3.8, 4) is 0 Å². The lowest BCUT2D eigenvalue weighted by Crippen LogP contribution is -1.95. The Hall–Kier alpha value is -4.33. The monoisotopic (exact) mass is 580 g/mol. The van der Waals surface area contributed by atoms with Gasteiger partial charge in [-0.05, 0) is 72.8 Å². The van der Waals surface area contributed by atoms with Crippen LogP contribution in [0.5, 0.6) is 0 Å². The van der Waals surface area contributed by atoms with Crippen LogP contribution in [0.4, 0.5) is 11.4 Å². The number of hydrogen-bond donors (Lipinski definition) is 2. The number of nitrogens with zero attached hydrogens (tertiary/aromatic N) is 2. The molecule has 0 aliphatic carbocycles. The number of carboxylic acids is 2. The highest BCUT2D eigenvalue weighted by Gasteiger charge is 2.19. The molecule has 0 aromatic heterocycles. The van der Waals surface area contributed by atoms with Gasteiger partial charge < -0.3 is 10.2 Å². The molecular formula is C26H16N2O8S3. The zero-order valence-electron chi connectivity index (χ0n) is 19.5. The fourth-order valence-electron chi connectivity index (χ4n) is 3.30. The number of carbonyl (C=O) groups is 2. The van der Waals surface area contributed by atoms with Crippen LogP contribution in [0.25, 0.3) is 0 Å². The molecule has 4 rings (SSSR count). The predicted octanol–water partition coefficient (Wildman–Crippen LogP) is 7.35. The van der Waals surface area contributed by atoms with Gasteiger partial charge in [-0.2, -0.15) is 0 Å². The van der Waals surface area contributed by atoms with Gasteiger partial charge in [-0.3, -0.25) is 20.2 Å². The first-order chi connectivity index (χ1) is 18.6. The third kappa shape index (κ3) is 6.96. The number of aromatic carboxylic acids is 2. The van der Waals surface area contributed by atoms with Crippen LogP contribution in [0.1, 0.15) is 20.7 Å². The molecule has 0 atom stereocenters. The summed E-state index contributed by atoms with van der Waals surface area (Å²) in [5.41, 5.74) is -0.0945. The summed E-state index contributed by atoms with van der Waals surface area (Å²) in [4.78, 5) is 47.6. The molecule has 4 aromatic carbocycles. The van der Waals surface area contributed by atoms with Crippen LogP contribution in [0.15, 0.2) is 114 Å². The predicted molar refractivity (Wildman–Crippen MR) is 145 cm³/mol. The minimum Gasteiger partial charge on any atom is -0.478 e. The van der Waals surface area contributed by atoms with Crippen LogP contribution >= 0.6 is 35.3 Å². The zero-order valence-corrected chi connectivity index (χ0v) is 22.0. The summed E-state index contributed by atoms with van der Waals surface area (Å²) in [7, 11) is 0. The lowest BCUT2D eigenvalue weighted by molar-refractivity contribution is -0.388. The Balaban J connectivity index is 1.55. The molecule has 2 N–H and O–H groups in total. The third-order valence-corrected chi connectivity index (χ3v) is 8.27. The average molecular weight is 581 g/mol. The van der Waals surface area contributed by atoms with E-state index in [1.165, 1.54) is 36.4 Å². The van der Waals surface area contributed by atoms with Crippen molar-refractivity contribution in [2.75, 3.05) is 0 Å². The van der Waals surface area contributed by atoms with Gasteiger partial charge in [0.05, 0.1) is 30.8 Å². The Morgan fingerprint density at radius 2 is 0.872 bits per heavy atom. The Kier molecular flexibility index (Phi) is 8.54. The molecule has 10 nitrogen and oxygen atoms in total. The molecule has 0 amide bonds. The molecule has 0 fully saturated rings. The van der Waals surface area contributed by atoms with Gasteiger partial charge in [0.25, 0.3) is 11.4 Å². The number of rotatable bonds is 10. The van der Waals surface area contributed by atoms with Gasteiger partial charge in [0.2, 0.25) is 0 Å².